The van der Waals surface area contributed by atoms with Crippen molar-refractivity contribution in [1.29, 1.82) is 0 Å². The Bertz CT molecular complexity index is 1120. The monoisotopic (exact) mass is 390 g/mol. The predicted molar refractivity (Wildman–Crippen MR) is 112 cm³/mol. The van der Waals surface area contributed by atoms with Gasteiger partial charge in [0.15, 0.2) is 11.5 Å². The van der Waals surface area contributed by atoms with Crippen LogP contribution in [-0.4, -0.2) is 10.9 Å². The molecule has 0 aliphatic heterocycles. The van der Waals surface area contributed by atoms with Gasteiger partial charge in [-0.2, -0.15) is 0 Å². The molecule has 0 aliphatic rings. The van der Waals surface area contributed by atoms with Gasteiger partial charge in [-0.25, -0.2) is 4.98 Å². The highest BCUT2D eigenvalue weighted by molar-refractivity contribution is 6.30. The molecule has 0 fully saturated rings. The zero-order valence-corrected chi connectivity index (χ0v) is 16.2. The van der Waals surface area contributed by atoms with Gasteiger partial charge >= 0.3 is 0 Å². The number of halogens is 1. The molecule has 5 heteroatoms. The molecule has 0 saturated carbocycles. The fourth-order valence-electron chi connectivity index (χ4n) is 3.00. The lowest BCUT2D eigenvalue weighted by molar-refractivity contribution is 0.102. The van der Waals surface area contributed by atoms with Crippen LogP contribution in [0.3, 0.4) is 0 Å². The van der Waals surface area contributed by atoms with E-state index in [0.717, 1.165) is 28.8 Å². The van der Waals surface area contributed by atoms with Crippen molar-refractivity contribution in [2.24, 2.45) is 0 Å². The molecular weight excluding hydrogens is 372 g/mol. The maximum Gasteiger partial charge on any atom is 0.255 e. The average Bonchev–Trinajstić information content (AvgIpc) is 3.11. The Morgan fingerprint density at radius 3 is 2.43 bits per heavy atom. The van der Waals surface area contributed by atoms with E-state index in [1.807, 2.05) is 30.3 Å². The van der Waals surface area contributed by atoms with Gasteiger partial charge in [0, 0.05) is 22.7 Å². The van der Waals surface area contributed by atoms with E-state index in [1.54, 1.807) is 24.3 Å². The first-order valence-electron chi connectivity index (χ1n) is 9.15. The maximum atomic E-state index is 12.3. The van der Waals surface area contributed by atoms with Crippen molar-refractivity contribution >= 4 is 34.3 Å². The Hall–Kier alpha value is -3.11. The van der Waals surface area contributed by atoms with E-state index >= 15 is 0 Å². The van der Waals surface area contributed by atoms with E-state index in [1.165, 1.54) is 5.56 Å². The predicted octanol–water partition coefficient (Wildman–Crippen LogP) is 5.89. The van der Waals surface area contributed by atoms with Crippen LogP contribution in [0, 0.1) is 0 Å². The van der Waals surface area contributed by atoms with E-state index in [4.69, 9.17) is 16.0 Å². The number of aryl methyl sites for hydroxylation is 1. The highest BCUT2D eigenvalue weighted by Gasteiger charge is 2.09. The molecule has 1 amide bonds. The number of rotatable bonds is 5. The van der Waals surface area contributed by atoms with E-state index in [2.05, 4.69) is 29.4 Å². The van der Waals surface area contributed by atoms with Crippen molar-refractivity contribution in [1.82, 2.24) is 4.98 Å². The van der Waals surface area contributed by atoms with Gasteiger partial charge in [0.05, 0.1) is 0 Å². The molecule has 140 valence electrons. The van der Waals surface area contributed by atoms with Gasteiger partial charge in [-0.1, -0.05) is 36.7 Å². The summed E-state index contributed by atoms with van der Waals surface area (Å²) < 4.78 is 5.84. The number of hydrogen-bond acceptors (Lipinski definition) is 3. The number of carbonyl (C=O) groups excluding carboxylic acids is 1. The van der Waals surface area contributed by atoms with Crippen LogP contribution in [0.2, 0.25) is 5.02 Å². The molecule has 0 unspecified atom stereocenters. The first-order valence-corrected chi connectivity index (χ1v) is 9.53. The summed E-state index contributed by atoms with van der Waals surface area (Å²) in [5.74, 6) is 0.510. The first kappa shape index (κ1) is 18.3. The summed E-state index contributed by atoms with van der Waals surface area (Å²) in [5, 5.41) is 3.48. The van der Waals surface area contributed by atoms with Crippen molar-refractivity contribution in [2.45, 2.75) is 19.8 Å². The van der Waals surface area contributed by atoms with Crippen LogP contribution in [0.4, 0.5) is 5.69 Å². The second-order valence-electron chi connectivity index (χ2n) is 6.60. The average molecular weight is 391 g/mol. The quantitative estimate of drug-likeness (QED) is 0.462. The van der Waals surface area contributed by atoms with Crippen molar-refractivity contribution < 1.29 is 9.21 Å². The number of aromatic nitrogens is 1. The first-order chi connectivity index (χ1) is 13.6. The number of amides is 1. The normalized spacial score (nSPS) is 10.9. The fourth-order valence-corrected chi connectivity index (χ4v) is 3.13. The lowest BCUT2D eigenvalue weighted by atomic mass is 10.1. The second kappa shape index (κ2) is 7.87. The largest absolute Gasteiger partial charge is 0.440 e. The van der Waals surface area contributed by atoms with Gasteiger partial charge in [0.1, 0.15) is 5.52 Å². The molecule has 4 rings (SSSR count). The van der Waals surface area contributed by atoms with Gasteiger partial charge < -0.3 is 9.73 Å². The maximum absolute atomic E-state index is 12.3. The van der Waals surface area contributed by atoms with Gasteiger partial charge in [-0.05, 0) is 66.1 Å². The molecule has 3 aromatic carbocycles. The summed E-state index contributed by atoms with van der Waals surface area (Å²) in [6.07, 6.45) is 1.57. The summed E-state index contributed by atoms with van der Waals surface area (Å²) in [7, 11) is 0. The number of hydrogen-bond donors (Lipinski definition) is 1. The highest BCUT2D eigenvalue weighted by atomic mass is 35.5. The highest BCUT2D eigenvalue weighted by Crippen LogP contribution is 2.20. The Morgan fingerprint density at radius 1 is 1.00 bits per heavy atom. The number of anilines is 1. The zero-order chi connectivity index (χ0) is 19.5. The third kappa shape index (κ3) is 4.07. The van der Waals surface area contributed by atoms with Gasteiger partial charge in [0.2, 0.25) is 0 Å². The number of benzene rings is 3. The smallest absolute Gasteiger partial charge is 0.255 e. The third-order valence-electron chi connectivity index (χ3n) is 4.58. The number of nitrogens with zero attached hydrogens (tertiary/aromatic N) is 1. The number of fused-ring (bicyclic) bond motifs is 1. The lowest BCUT2D eigenvalue weighted by Gasteiger charge is -2.06. The minimum absolute atomic E-state index is 0.171. The molecular formula is C23H19ClN2O2. The summed E-state index contributed by atoms with van der Waals surface area (Å²) >= 11 is 5.86. The molecule has 0 saturated heterocycles. The van der Waals surface area contributed by atoms with Crippen molar-refractivity contribution in [3.63, 3.8) is 0 Å². The van der Waals surface area contributed by atoms with Crippen LogP contribution in [0.1, 0.15) is 34.3 Å². The Kier molecular flexibility index (Phi) is 5.13. The van der Waals surface area contributed by atoms with E-state index < -0.39 is 0 Å². The van der Waals surface area contributed by atoms with Crippen LogP contribution < -0.4 is 5.32 Å². The summed E-state index contributed by atoms with van der Waals surface area (Å²) in [6.45, 7) is 2.12. The number of nitrogens with one attached hydrogen (secondary N) is 1. The van der Waals surface area contributed by atoms with Crippen LogP contribution in [0.15, 0.2) is 71.1 Å². The lowest BCUT2D eigenvalue weighted by Crippen LogP contribution is -2.11. The van der Waals surface area contributed by atoms with Crippen LogP contribution in [0.5, 0.6) is 0 Å². The molecule has 0 aliphatic carbocycles. The van der Waals surface area contributed by atoms with Gasteiger partial charge in [-0.3, -0.25) is 4.79 Å². The fraction of sp³-hybridized carbons (Fsp3) is 0.130. The molecule has 0 atom stereocenters. The standard InChI is InChI=1S/C23H19ClN2O2/c1-2-15-5-12-21-20(13-15)26-22(28-21)14-16-3-10-19(11-4-16)25-23(27)17-6-8-18(24)9-7-17/h3-13H,2,14H2,1H3,(H,25,27). The van der Waals surface area contributed by atoms with E-state index in [0.29, 0.717) is 22.9 Å². The molecule has 1 heterocycles. The Morgan fingerprint density at radius 2 is 1.71 bits per heavy atom. The Balaban J connectivity index is 1.44. The van der Waals surface area contributed by atoms with Crippen molar-refractivity contribution in [3.05, 3.63) is 94.3 Å². The minimum atomic E-state index is -0.171. The number of oxazole rings is 1. The molecule has 0 radical (unpaired) electrons. The van der Waals surface area contributed by atoms with Crippen LogP contribution in [-0.2, 0) is 12.8 Å². The van der Waals surface area contributed by atoms with E-state index in [-0.39, 0.29) is 5.91 Å². The minimum Gasteiger partial charge on any atom is -0.440 e. The molecule has 0 bridgehead atoms. The zero-order valence-electron chi connectivity index (χ0n) is 15.4. The molecule has 1 N–H and O–H groups in total. The topological polar surface area (TPSA) is 55.1 Å². The van der Waals surface area contributed by atoms with Crippen LogP contribution >= 0.6 is 11.6 Å². The molecule has 4 nitrogen and oxygen atoms in total. The Labute approximate surface area is 168 Å². The summed E-state index contributed by atoms with van der Waals surface area (Å²) in [6, 6.07) is 20.6. The third-order valence-corrected chi connectivity index (χ3v) is 4.83. The SMILES string of the molecule is CCc1ccc2oc(Cc3ccc(NC(=O)c4ccc(Cl)cc4)cc3)nc2c1. The summed E-state index contributed by atoms with van der Waals surface area (Å²) in [4.78, 5) is 16.9. The summed E-state index contributed by atoms with van der Waals surface area (Å²) in [5.41, 5.74) is 5.29. The van der Waals surface area contributed by atoms with Crippen LogP contribution in [0.25, 0.3) is 11.1 Å². The number of carbonyl (C=O) groups is 1. The molecule has 4 aromatic rings. The molecule has 0 spiro atoms. The second-order valence-corrected chi connectivity index (χ2v) is 7.03. The van der Waals surface area contributed by atoms with Crippen molar-refractivity contribution in [2.75, 3.05) is 5.32 Å². The van der Waals surface area contributed by atoms with Crippen molar-refractivity contribution in [3.8, 4) is 0 Å². The molecule has 1 aromatic heterocycles. The van der Waals surface area contributed by atoms with Gasteiger partial charge in [0.25, 0.3) is 5.91 Å². The molecule has 28 heavy (non-hydrogen) atoms. The van der Waals surface area contributed by atoms with E-state index in [9.17, 15) is 4.79 Å². The van der Waals surface area contributed by atoms with Gasteiger partial charge in [-0.15, -0.1) is 0 Å².